The molecule has 0 bridgehead atoms. The standard InChI is InChI=1S/C18H23BrN4O2/c1-4-20-18(22-12-17(24)23(2)3)21-11-15-9-10-16(25-15)13-5-7-14(19)8-6-13/h5-10H,4,11-12H2,1-3H3,(H2,20,21,22). The number of halogens is 1. The molecule has 1 aromatic heterocycles. The number of amides is 1. The molecular formula is C18H23BrN4O2. The second-order valence-corrected chi connectivity index (χ2v) is 6.53. The van der Waals surface area contributed by atoms with E-state index in [2.05, 4.69) is 31.6 Å². The Labute approximate surface area is 156 Å². The lowest BCUT2D eigenvalue weighted by molar-refractivity contribution is -0.127. The minimum atomic E-state index is -0.0484. The molecule has 2 aromatic rings. The van der Waals surface area contributed by atoms with Gasteiger partial charge >= 0.3 is 0 Å². The van der Waals surface area contributed by atoms with E-state index in [1.165, 1.54) is 4.90 Å². The summed E-state index contributed by atoms with van der Waals surface area (Å²) >= 11 is 3.42. The van der Waals surface area contributed by atoms with Gasteiger partial charge in [-0.3, -0.25) is 4.79 Å². The van der Waals surface area contributed by atoms with E-state index in [1.807, 2.05) is 43.3 Å². The van der Waals surface area contributed by atoms with Crippen molar-refractivity contribution in [3.05, 3.63) is 46.6 Å². The zero-order chi connectivity index (χ0) is 18.2. The second-order valence-electron chi connectivity index (χ2n) is 5.61. The first kappa shape index (κ1) is 19.1. The highest BCUT2D eigenvalue weighted by atomic mass is 79.9. The van der Waals surface area contributed by atoms with Gasteiger partial charge in [0.1, 0.15) is 18.1 Å². The van der Waals surface area contributed by atoms with E-state index in [0.717, 1.165) is 21.6 Å². The van der Waals surface area contributed by atoms with Crippen molar-refractivity contribution in [2.45, 2.75) is 13.5 Å². The van der Waals surface area contributed by atoms with Gasteiger partial charge in [-0.05, 0) is 31.2 Å². The molecular weight excluding hydrogens is 384 g/mol. The number of guanidine groups is 1. The van der Waals surface area contributed by atoms with Gasteiger partial charge in [0.2, 0.25) is 5.91 Å². The largest absolute Gasteiger partial charge is 0.459 e. The molecule has 7 heteroatoms. The summed E-state index contributed by atoms with van der Waals surface area (Å²) in [5, 5.41) is 6.29. The summed E-state index contributed by atoms with van der Waals surface area (Å²) in [4.78, 5) is 17.5. The second kappa shape index (κ2) is 9.27. The quantitative estimate of drug-likeness (QED) is 0.571. The number of aliphatic imine (C=N–C) groups is 1. The number of rotatable bonds is 6. The molecule has 0 spiro atoms. The number of furan rings is 1. The highest BCUT2D eigenvalue weighted by Crippen LogP contribution is 2.23. The van der Waals surface area contributed by atoms with Crippen LogP contribution in [0.4, 0.5) is 0 Å². The number of nitrogens with zero attached hydrogens (tertiary/aromatic N) is 2. The van der Waals surface area contributed by atoms with E-state index >= 15 is 0 Å². The van der Waals surface area contributed by atoms with Gasteiger partial charge in [0.05, 0.1) is 6.54 Å². The number of hydrogen-bond donors (Lipinski definition) is 2. The van der Waals surface area contributed by atoms with Crippen LogP contribution in [0.5, 0.6) is 0 Å². The summed E-state index contributed by atoms with van der Waals surface area (Å²) in [5.74, 6) is 2.14. The van der Waals surface area contributed by atoms with E-state index < -0.39 is 0 Å². The normalized spacial score (nSPS) is 11.3. The van der Waals surface area contributed by atoms with Crippen LogP contribution in [-0.4, -0.2) is 44.0 Å². The molecule has 25 heavy (non-hydrogen) atoms. The van der Waals surface area contributed by atoms with E-state index in [-0.39, 0.29) is 12.5 Å². The summed E-state index contributed by atoms with van der Waals surface area (Å²) in [5.41, 5.74) is 1.02. The Morgan fingerprint density at radius 1 is 1.16 bits per heavy atom. The number of carbonyl (C=O) groups excluding carboxylic acids is 1. The van der Waals surface area contributed by atoms with E-state index in [0.29, 0.717) is 19.0 Å². The zero-order valence-corrected chi connectivity index (χ0v) is 16.3. The number of likely N-dealkylation sites (N-methyl/N-ethyl adjacent to an activating group) is 1. The molecule has 0 aliphatic heterocycles. The predicted molar refractivity (Wildman–Crippen MR) is 103 cm³/mol. The van der Waals surface area contributed by atoms with Crippen LogP contribution in [0.2, 0.25) is 0 Å². The topological polar surface area (TPSA) is 69.9 Å². The molecule has 0 saturated heterocycles. The summed E-state index contributed by atoms with van der Waals surface area (Å²) in [6, 6.07) is 11.8. The minimum Gasteiger partial charge on any atom is -0.459 e. The van der Waals surface area contributed by atoms with Crippen molar-refractivity contribution in [1.29, 1.82) is 0 Å². The molecule has 0 fully saturated rings. The van der Waals surface area contributed by atoms with Crippen LogP contribution in [-0.2, 0) is 11.3 Å². The third-order valence-electron chi connectivity index (χ3n) is 3.44. The van der Waals surface area contributed by atoms with Crippen molar-refractivity contribution < 1.29 is 9.21 Å². The first-order valence-electron chi connectivity index (χ1n) is 8.06. The Balaban J connectivity index is 1.97. The SMILES string of the molecule is CCNC(=NCC(=O)N(C)C)NCc1ccc(-c2ccc(Br)cc2)o1. The minimum absolute atomic E-state index is 0.0484. The van der Waals surface area contributed by atoms with Crippen molar-refractivity contribution in [1.82, 2.24) is 15.5 Å². The Hall–Kier alpha value is -2.28. The van der Waals surface area contributed by atoms with Crippen LogP contribution in [0.3, 0.4) is 0 Å². The molecule has 134 valence electrons. The van der Waals surface area contributed by atoms with E-state index in [9.17, 15) is 4.79 Å². The Bertz CT molecular complexity index is 723. The maximum atomic E-state index is 11.7. The average molecular weight is 407 g/mol. The third kappa shape index (κ3) is 5.94. The molecule has 1 heterocycles. The van der Waals surface area contributed by atoms with Crippen LogP contribution in [0.1, 0.15) is 12.7 Å². The van der Waals surface area contributed by atoms with E-state index in [4.69, 9.17) is 4.42 Å². The molecule has 0 radical (unpaired) electrons. The van der Waals surface area contributed by atoms with Crippen molar-refractivity contribution in [2.75, 3.05) is 27.2 Å². The predicted octanol–water partition coefficient (Wildman–Crippen LogP) is 2.85. The molecule has 6 nitrogen and oxygen atoms in total. The Kier molecular flexibility index (Phi) is 7.06. The van der Waals surface area contributed by atoms with Gasteiger partial charge in [-0.15, -0.1) is 0 Å². The fourth-order valence-electron chi connectivity index (χ4n) is 2.04. The van der Waals surface area contributed by atoms with Gasteiger partial charge in [-0.1, -0.05) is 28.1 Å². The van der Waals surface area contributed by atoms with Gasteiger partial charge in [-0.25, -0.2) is 4.99 Å². The summed E-state index contributed by atoms with van der Waals surface area (Å²) in [7, 11) is 3.43. The number of hydrogen-bond acceptors (Lipinski definition) is 3. The van der Waals surface area contributed by atoms with Gasteiger partial charge in [0, 0.05) is 30.7 Å². The number of nitrogens with one attached hydrogen (secondary N) is 2. The lowest BCUT2D eigenvalue weighted by Crippen LogP contribution is -2.38. The highest BCUT2D eigenvalue weighted by molar-refractivity contribution is 9.10. The molecule has 2 rings (SSSR count). The monoisotopic (exact) mass is 406 g/mol. The fraction of sp³-hybridized carbons (Fsp3) is 0.333. The third-order valence-corrected chi connectivity index (χ3v) is 3.96. The van der Waals surface area contributed by atoms with Crippen LogP contribution in [0.25, 0.3) is 11.3 Å². The van der Waals surface area contributed by atoms with Crippen molar-refractivity contribution in [3.63, 3.8) is 0 Å². The smallest absolute Gasteiger partial charge is 0.243 e. The molecule has 0 unspecified atom stereocenters. The summed E-state index contributed by atoms with van der Waals surface area (Å²) in [6.07, 6.45) is 0. The van der Waals surface area contributed by atoms with Crippen LogP contribution in [0, 0.1) is 0 Å². The summed E-state index contributed by atoms with van der Waals surface area (Å²) < 4.78 is 6.90. The average Bonchev–Trinajstić information content (AvgIpc) is 3.06. The van der Waals surface area contributed by atoms with Crippen molar-refractivity contribution in [3.8, 4) is 11.3 Å². The molecule has 0 aliphatic carbocycles. The fourth-order valence-corrected chi connectivity index (χ4v) is 2.31. The van der Waals surface area contributed by atoms with Crippen molar-refractivity contribution in [2.24, 2.45) is 4.99 Å². The van der Waals surface area contributed by atoms with Crippen LogP contribution in [0.15, 0.2) is 50.3 Å². The Morgan fingerprint density at radius 2 is 1.88 bits per heavy atom. The lowest BCUT2D eigenvalue weighted by Gasteiger charge is -2.12. The molecule has 1 aromatic carbocycles. The zero-order valence-electron chi connectivity index (χ0n) is 14.7. The number of benzene rings is 1. The molecule has 0 saturated carbocycles. The maximum Gasteiger partial charge on any atom is 0.243 e. The van der Waals surface area contributed by atoms with Gasteiger partial charge in [0.15, 0.2) is 5.96 Å². The van der Waals surface area contributed by atoms with E-state index in [1.54, 1.807) is 14.1 Å². The van der Waals surface area contributed by atoms with Crippen molar-refractivity contribution >= 4 is 27.8 Å². The number of carbonyl (C=O) groups is 1. The maximum absolute atomic E-state index is 11.7. The van der Waals surface area contributed by atoms with Gasteiger partial charge in [-0.2, -0.15) is 0 Å². The van der Waals surface area contributed by atoms with Gasteiger partial charge in [0.25, 0.3) is 0 Å². The lowest BCUT2D eigenvalue weighted by atomic mass is 10.2. The van der Waals surface area contributed by atoms with Crippen LogP contribution < -0.4 is 10.6 Å². The molecule has 1 amide bonds. The molecule has 0 aliphatic rings. The van der Waals surface area contributed by atoms with Crippen LogP contribution >= 0.6 is 15.9 Å². The molecule has 2 N–H and O–H groups in total. The van der Waals surface area contributed by atoms with Gasteiger partial charge < -0.3 is 20.0 Å². The first-order valence-corrected chi connectivity index (χ1v) is 8.86. The Morgan fingerprint density at radius 3 is 2.52 bits per heavy atom. The highest BCUT2D eigenvalue weighted by Gasteiger charge is 2.07. The molecule has 0 atom stereocenters. The summed E-state index contributed by atoms with van der Waals surface area (Å²) in [6.45, 7) is 3.27. The first-order chi connectivity index (χ1) is 12.0.